The molecule has 1 aliphatic carbocycles. The summed E-state index contributed by atoms with van der Waals surface area (Å²) in [5.41, 5.74) is 0.0390. The van der Waals surface area contributed by atoms with E-state index in [-0.39, 0.29) is 11.3 Å². The van der Waals surface area contributed by atoms with Crippen molar-refractivity contribution >= 4 is 43.8 Å². The van der Waals surface area contributed by atoms with Crippen molar-refractivity contribution in [2.45, 2.75) is 20.0 Å². The van der Waals surface area contributed by atoms with Gasteiger partial charge in [0.15, 0.2) is 0 Å². The van der Waals surface area contributed by atoms with E-state index in [1.807, 2.05) is 38.1 Å². The minimum atomic E-state index is -1.41. The van der Waals surface area contributed by atoms with E-state index < -0.39 is 24.0 Å². The summed E-state index contributed by atoms with van der Waals surface area (Å²) in [6.07, 6.45) is 0.478. The summed E-state index contributed by atoms with van der Waals surface area (Å²) >= 11 is 6.61. The number of carboxylic acid groups (broad SMARTS) is 1. The molecule has 5 nitrogen and oxygen atoms in total. The smallest absolute Gasteiger partial charge is 0.349 e. The van der Waals surface area contributed by atoms with E-state index in [4.69, 9.17) is 9.47 Å². The number of halogens is 2. The van der Waals surface area contributed by atoms with Crippen molar-refractivity contribution < 1.29 is 24.2 Å². The molecular weight excluding hydrogens is 504 g/mol. The summed E-state index contributed by atoms with van der Waals surface area (Å²) in [4.78, 5) is 24.5. The van der Waals surface area contributed by atoms with Gasteiger partial charge in [0, 0.05) is 5.56 Å². The number of esters is 1. The zero-order valence-electron chi connectivity index (χ0n) is 15.8. The van der Waals surface area contributed by atoms with Crippen LogP contribution in [0.3, 0.4) is 0 Å². The third-order valence-electron chi connectivity index (χ3n) is 5.07. The molecule has 0 bridgehead atoms. The molecule has 3 rings (SSSR count). The molecule has 0 aliphatic heterocycles. The molecule has 0 aromatic heterocycles. The lowest BCUT2D eigenvalue weighted by molar-refractivity contribution is -0.166. The fraction of sp³-hybridized carbons (Fsp3) is 0.273. The molecule has 1 N–H and O–H groups in total. The lowest BCUT2D eigenvalue weighted by Crippen LogP contribution is -2.21. The molecule has 1 saturated carbocycles. The highest BCUT2D eigenvalue weighted by Gasteiger charge is 2.62. The Morgan fingerprint density at radius 1 is 1.07 bits per heavy atom. The number of benzene rings is 2. The zero-order valence-corrected chi connectivity index (χ0v) is 19.0. The first-order valence-electron chi connectivity index (χ1n) is 8.99. The molecule has 0 heterocycles. The third kappa shape index (κ3) is 5.08. The van der Waals surface area contributed by atoms with Gasteiger partial charge in [0.25, 0.3) is 0 Å². The average molecular weight is 524 g/mol. The average Bonchev–Trinajstić information content (AvgIpc) is 3.19. The monoisotopic (exact) mass is 522 g/mol. The molecule has 2 aromatic rings. The van der Waals surface area contributed by atoms with E-state index >= 15 is 0 Å². The number of aliphatic carboxylic acids is 1. The SMILES string of the molecule is CC1(C)C(C=C(Br)Br)C1C(=O)OC(C(=O)O)c1cccc(Oc2ccccc2)c1. The summed E-state index contributed by atoms with van der Waals surface area (Å²) in [5, 5.41) is 9.65. The highest BCUT2D eigenvalue weighted by Crippen LogP contribution is 2.60. The molecule has 1 fully saturated rings. The van der Waals surface area contributed by atoms with Crippen LogP contribution in [0.15, 0.2) is 64.1 Å². The number of para-hydroxylation sites is 1. The fourth-order valence-corrected chi connectivity index (χ4v) is 3.96. The van der Waals surface area contributed by atoms with E-state index in [1.54, 1.807) is 36.4 Å². The number of carbonyl (C=O) groups excluding carboxylic acids is 1. The van der Waals surface area contributed by atoms with Gasteiger partial charge in [0.2, 0.25) is 6.10 Å². The quantitative estimate of drug-likeness (QED) is 0.447. The first-order valence-corrected chi connectivity index (χ1v) is 10.6. The van der Waals surface area contributed by atoms with Gasteiger partial charge >= 0.3 is 11.9 Å². The van der Waals surface area contributed by atoms with Crippen LogP contribution in [-0.2, 0) is 14.3 Å². The second kappa shape index (κ2) is 8.71. The fourth-order valence-electron chi connectivity index (χ4n) is 3.39. The normalized spacial score (nSPS) is 20.3. The summed E-state index contributed by atoms with van der Waals surface area (Å²) in [6.45, 7) is 3.90. The zero-order chi connectivity index (χ0) is 21.2. The second-order valence-corrected chi connectivity index (χ2v) is 10.2. The van der Waals surface area contributed by atoms with Gasteiger partial charge in [-0.2, -0.15) is 0 Å². The predicted molar refractivity (Wildman–Crippen MR) is 116 cm³/mol. The van der Waals surface area contributed by atoms with Crippen LogP contribution in [0.25, 0.3) is 0 Å². The predicted octanol–water partition coefficient (Wildman–Crippen LogP) is 6.05. The summed E-state index contributed by atoms with van der Waals surface area (Å²) < 4.78 is 11.9. The maximum Gasteiger partial charge on any atom is 0.349 e. The van der Waals surface area contributed by atoms with Crippen LogP contribution in [0, 0.1) is 17.3 Å². The lowest BCUT2D eigenvalue weighted by Gasteiger charge is -2.16. The summed E-state index contributed by atoms with van der Waals surface area (Å²) in [7, 11) is 0. The van der Waals surface area contributed by atoms with E-state index in [0.717, 1.165) is 3.39 Å². The van der Waals surface area contributed by atoms with Gasteiger partial charge in [-0.15, -0.1) is 0 Å². The Hall–Kier alpha value is -2.12. The topological polar surface area (TPSA) is 72.8 Å². The van der Waals surface area contributed by atoms with Crippen LogP contribution in [0.5, 0.6) is 11.5 Å². The van der Waals surface area contributed by atoms with E-state index in [2.05, 4.69) is 31.9 Å². The molecule has 152 valence electrons. The van der Waals surface area contributed by atoms with Crippen molar-refractivity contribution in [2.75, 3.05) is 0 Å². The van der Waals surface area contributed by atoms with Crippen molar-refractivity contribution in [1.82, 2.24) is 0 Å². The lowest BCUT2D eigenvalue weighted by atomic mass is 10.1. The first kappa shape index (κ1) is 21.6. The molecule has 29 heavy (non-hydrogen) atoms. The second-order valence-electron chi connectivity index (χ2n) is 7.42. The Labute approximate surface area is 186 Å². The number of allylic oxidation sites excluding steroid dienone is 1. The van der Waals surface area contributed by atoms with Gasteiger partial charge in [0.05, 0.1) is 9.31 Å². The first-order chi connectivity index (χ1) is 13.7. The molecular formula is C22H20Br2O5. The summed E-state index contributed by atoms with van der Waals surface area (Å²) in [6, 6.07) is 15.7. The molecule has 3 unspecified atom stereocenters. The minimum absolute atomic E-state index is 0.0362. The Bertz CT molecular complexity index is 935. The van der Waals surface area contributed by atoms with Gasteiger partial charge < -0.3 is 14.6 Å². The van der Waals surface area contributed by atoms with Crippen molar-refractivity contribution in [3.05, 3.63) is 69.6 Å². The minimum Gasteiger partial charge on any atom is -0.478 e. The van der Waals surface area contributed by atoms with Gasteiger partial charge in [-0.05, 0) is 67.5 Å². The van der Waals surface area contributed by atoms with Crippen molar-refractivity contribution in [2.24, 2.45) is 17.3 Å². The molecule has 3 atom stereocenters. The van der Waals surface area contributed by atoms with Gasteiger partial charge in [-0.25, -0.2) is 4.79 Å². The molecule has 7 heteroatoms. The van der Waals surface area contributed by atoms with Crippen LogP contribution in [-0.4, -0.2) is 17.0 Å². The van der Waals surface area contributed by atoms with Crippen molar-refractivity contribution in [3.63, 3.8) is 0 Å². The molecule has 0 spiro atoms. The number of ether oxygens (including phenoxy) is 2. The molecule has 0 saturated heterocycles. The molecule has 2 aromatic carbocycles. The van der Waals surface area contributed by atoms with Gasteiger partial charge in [-0.3, -0.25) is 4.79 Å². The highest BCUT2D eigenvalue weighted by atomic mass is 79.9. The Balaban J connectivity index is 1.77. The van der Waals surface area contributed by atoms with Crippen molar-refractivity contribution in [1.29, 1.82) is 0 Å². The molecule has 0 radical (unpaired) electrons. The number of hydrogen-bond donors (Lipinski definition) is 1. The van der Waals surface area contributed by atoms with E-state index in [1.165, 1.54) is 0 Å². The third-order valence-corrected chi connectivity index (χ3v) is 5.60. The largest absolute Gasteiger partial charge is 0.478 e. The number of carboxylic acids is 1. The summed E-state index contributed by atoms with van der Waals surface area (Å²) in [5.74, 6) is -1.11. The van der Waals surface area contributed by atoms with Crippen LogP contribution >= 0.6 is 31.9 Å². The number of carbonyl (C=O) groups is 2. The Morgan fingerprint density at radius 3 is 2.34 bits per heavy atom. The maximum absolute atomic E-state index is 12.7. The highest BCUT2D eigenvalue weighted by molar-refractivity contribution is 9.28. The number of rotatable bonds is 7. The van der Waals surface area contributed by atoms with Crippen LogP contribution in [0.4, 0.5) is 0 Å². The van der Waals surface area contributed by atoms with Gasteiger partial charge in [-0.1, -0.05) is 50.3 Å². The van der Waals surface area contributed by atoms with Crippen LogP contribution < -0.4 is 4.74 Å². The van der Waals surface area contributed by atoms with Crippen molar-refractivity contribution in [3.8, 4) is 11.5 Å². The Morgan fingerprint density at radius 2 is 1.72 bits per heavy atom. The Kier molecular flexibility index (Phi) is 6.49. The maximum atomic E-state index is 12.7. The standard InChI is InChI=1S/C22H20Br2O5/c1-22(2)16(12-17(23)24)18(22)21(27)29-19(20(25)26)13-7-6-10-15(11-13)28-14-8-4-3-5-9-14/h3-12,16,18-19H,1-2H3,(H,25,26). The van der Waals surface area contributed by atoms with Crippen LogP contribution in [0.1, 0.15) is 25.5 Å². The van der Waals surface area contributed by atoms with Gasteiger partial charge in [0.1, 0.15) is 11.5 Å². The molecule has 1 aliphatic rings. The number of hydrogen-bond acceptors (Lipinski definition) is 4. The molecule has 0 amide bonds. The van der Waals surface area contributed by atoms with Crippen LogP contribution in [0.2, 0.25) is 0 Å². The van der Waals surface area contributed by atoms with E-state index in [0.29, 0.717) is 17.1 Å². The van der Waals surface area contributed by atoms with E-state index in [9.17, 15) is 14.7 Å².